The molecule has 0 aliphatic rings. The predicted molar refractivity (Wildman–Crippen MR) is 53.1 cm³/mol. The molecule has 0 aliphatic carbocycles. The van der Waals surface area contributed by atoms with Gasteiger partial charge < -0.3 is 0 Å². The third-order valence-electron chi connectivity index (χ3n) is 2.22. The van der Waals surface area contributed by atoms with E-state index in [9.17, 15) is 20.2 Å². The van der Waals surface area contributed by atoms with Gasteiger partial charge in [0.15, 0.2) is 0 Å². The van der Waals surface area contributed by atoms with Gasteiger partial charge in [0.25, 0.3) is 5.69 Å². The van der Waals surface area contributed by atoms with Crippen LogP contribution in [-0.2, 0) is 5.54 Å². The lowest BCUT2D eigenvalue weighted by Gasteiger charge is -2.15. The molecule has 0 N–H and O–H groups in total. The molecule has 0 amide bonds. The minimum Gasteiger partial charge on any atom is -0.264 e. The molecule has 1 aromatic carbocycles. The number of benzene rings is 1. The largest absolute Gasteiger partial charge is 0.279 e. The quantitative estimate of drug-likeness (QED) is 0.564. The first-order valence-electron chi connectivity index (χ1n) is 4.25. The molecule has 0 unspecified atom stereocenters. The lowest BCUT2D eigenvalue weighted by atomic mass is 9.93. The first-order valence-corrected chi connectivity index (χ1v) is 4.25. The van der Waals surface area contributed by atoms with E-state index in [0.717, 1.165) is 0 Å². The summed E-state index contributed by atoms with van der Waals surface area (Å²) in [6.07, 6.45) is 0. The van der Waals surface area contributed by atoms with Crippen molar-refractivity contribution in [2.75, 3.05) is 0 Å². The molecule has 0 atom stereocenters. The van der Waals surface area contributed by atoms with Crippen molar-refractivity contribution in [3.05, 3.63) is 50.1 Å². The van der Waals surface area contributed by atoms with E-state index in [-0.39, 0.29) is 11.3 Å². The second-order valence-electron chi connectivity index (χ2n) is 3.59. The smallest absolute Gasteiger partial charge is 0.264 e. The van der Waals surface area contributed by atoms with Gasteiger partial charge in [0.1, 0.15) is 5.56 Å². The van der Waals surface area contributed by atoms with Gasteiger partial charge in [-0.1, -0.05) is 12.1 Å². The van der Waals surface area contributed by atoms with E-state index >= 15 is 0 Å². The van der Waals surface area contributed by atoms with E-state index < -0.39 is 15.4 Å². The zero-order valence-corrected chi connectivity index (χ0v) is 8.34. The molecule has 1 rings (SSSR count). The number of nitro groups is 2. The molecule has 15 heavy (non-hydrogen) atoms. The highest BCUT2D eigenvalue weighted by molar-refractivity contribution is 5.43. The Morgan fingerprint density at radius 2 is 1.67 bits per heavy atom. The topological polar surface area (TPSA) is 86.3 Å². The first kappa shape index (κ1) is 11.1. The highest BCUT2D eigenvalue weighted by Gasteiger charge is 2.38. The van der Waals surface area contributed by atoms with Crippen LogP contribution in [0.15, 0.2) is 24.3 Å². The van der Waals surface area contributed by atoms with Gasteiger partial charge in [-0.2, -0.15) is 0 Å². The molecule has 0 saturated heterocycles. The van der Waals surface area contributed by atoms with Gasteiger partial charge in [-0.05, 0) is 6.07 Å². The van der Waals surface area contributed by atoms with Gasteiger partial charge in [-0.15, -0.1) is 0 Å². The van der Waals surface area contributed by atoms with Crippen LogP contribution in [0.5, 0.6) is 0 Å². The second kappa shape index (κ2) is 3.64. The van der Waals surface area contributed by atoms with Crippen molar-refractivity contribution in [2.45, 2.75) is 19.4 Å². The number of hydrogen-bond acceptors (Lipinski definition) is 4. The van der Waals surface area contributed by atoms with Gasteiger partial charge in [-0.25, -0.2) is 0 Å². The third-order valence-corrected chi connectivity index (χ3v) is 2.22. The zero-order chi connectivity index (χ0) is 11.6. The SMILES string of the molecule is CC(C)(c1ccccc1[N+](=O)[O-])[N+](=O)[O-]. The van der Waals surface area contributed by atoms with Crippen LogP contribution >= 0.6 is 0 Å². The Balaban J connectivity index is 3.37. The van der Waals surface area contributed by atoms with Crippen molar-refractivity contribution in [3.8, 4) is 0 Å². The predicted octanol–water partition coefficient (Wildman–Crippen LogP) is 2.11. The van der Waals surface area contributed by atoms with Crippen molar-refractivity contribution in [3.63, 3.8) is 0 Å². The highest BCUT2D eigenvalue weighted by Crippen LogP contribution is 2.31. The van der Waals surface area contributed by atoms with Gasteiger partial charge in [0, 0.05) is 24.8 Å². The van der Waals surface area contributed by atoms with Crippen LogP contribution in [0, 0.1) is 20.2 Å². The highest BCUT2D eigenvalue weighted by atomic mass is 16.6. The molecule has 0 radical (unpaired) electrons. The molecule has 6 heteroatoms. The van der Waals surface area contributed by atoms with E-state index in [1.54, 1.807) is 6.07 Å². The molecule has 0 saturated carbocycles. The summed E-state index contributed by atoms with van der Waals surface area (Å²) < 4.78 is 0. The molecule has 80 valence electrons. The lowest BCUT2D eigenvalue weighted by Crippen LogP contribution is -2.28. The Kier molecular flexibility index (Phi) is 2.69. The summed E-state index contributed by atoms with van der Waals surface area (Å²) in [6, 6.07) is 5.70. The fourth-order valence-corrected chi connectivity index (χ4v) is 1.25. The summed E-state index contributed by atoms with van der Waals surface area (Å²) in [6.45, 7) is 2.69. The Bertz CT molecular complexity index is 414. The van der Waals surface area contributed by atoms with Gasteiger partial charge in [-0.3, -0.25) is 20.2 Å². The molecule has 0 bridgehead atoms. The van der Waals surface area contributed by atoms with E-state index in [0.29, 0.717) is 0 Å². The van der Waals surface area contributed by atoms with Crippen molar-refractivity contribution < 1.29 is 9.85 Å². The molecular weight excluding hydrogens is 200 g/mol. The van der Waals surface area contributed by atoms with E-state index in [2.05, 4.69) is 0 Å². The number of nitro benzene ring substituents is 1. The van der Waals surface area contributed by atoms with E-state index in [4.69, 9.17) is 0 Å². The average molecular weight is 210 g/mol. The minimum absolute atomic E-state index is 0.111. The maximum atomic E-state index is 10.8. The number of hydrogen-bond donors (Lipinski definition) is 0. The van der Waals surface area contributed by atoms with Crippen LogP contribution in [-0.4, -0.2) is 9.85 Å². The summed E-state index contributed by atoms with van der Waals surface area (Å²) in [4.78, 5) is 20.3. The Labute approximate surface area is 85.8 Å². The lowest BCUT2D eigenvalue weighted by molar-refractivity contribution is -0.570. The molecule has 0 spiro atoms. The second-order valence-corrected chi connectivity index (χ2v) is 3.59. The van der Waals surface area contributed by atoms with Crippen molar-refractivity contribution >= 4 is 5.69 Å². The normalized spacial score (nSPS) is 11.1. The molecule has 0 heterocycles. The Morgan fingerprint density at radius 1 is 1.13 bits per heavy atom. The Morgan fingerprint density at radius 3 is 2.13 bits per heavy atom. The zero-order valence-electron chi connectivity index (χ0n) is 8.34. The fraction of sp³-hybridized carbons (Fsp3) is 0.333. The maximum Gasteiger partial charge on any atom is 0.279 e. The number of nitrogens with zero attached hydrogens (tertiary/aromatic N) is 2. The molecule has 1 aromatic rings. The number of para-hydroxylation sites is 1. The van der Waals surface area contributed by atoms with Crippen LogP contribution in [0.1, 0.15) is 19.4 Å². The summed E-state index contributed by atoms with van der Waals surface area (Å²) in [5.41, 5.74) is -1.57. The standard InChI is InChI=1S/C9H10N2O4/c1-9(2,11(14)15)7-5-3-4-6-8(7)10(12)13/h3-6H,1-2H3. The number of rotatable bonds is 3. The first-order chi connectivity index (χ1) is 6.87. The van der Waals surface area contributed by atoms with Gasteiger partial charge in [0.2, 0.25) is 5.54 Å². The maximum absolute atomic E-state index is 10.8. The van der Waals surface area contributed by atoms with Crippen molar-refractivity contribution in [2.24, 2.45) is 0 Å². The molecule has 0 aromatic heterocycles. The summed E-state index contributed by atoms with van der Waals surface area (Å²) >= 11 is 0. The van der Waals surface area contributed by atoms with Gasteiger partial charge in [0.05, 0.1) is 4.92 Å². The van der Waals surface area contributed by atoms with Crippen LogP contribution < -0.4 is 0 Å². The average Bonchev–Trinajstić information content (AvgIpc) is 2.17. The fourth-order valence-electron chi connectivity index (χ4n) is 1.25. The Hall–Kier alpha value is -1.98. The van der Waals surface area contributed by atoms with Crippen molar-refractivity contribution in [1.29, 1.82) is 0 Å². The molecule has 6 nitrogen and oxygen atoms in total. The van der Waals surface area contributed by atoms with E-state index in [1.165, 1.54) is 32.0 Å². The molecule has 0 fully saturated rings. The van der Waals surface area contributed by atoms with Crippen LogP contribution in [0.25, 0.3) is 0 Å². The molecular formula is C9H10N2O4. The summed E-state index contributed by atoms with van der Waals surface area (Å²) in [7, 11) is 0. The third kappa shape index (κ3) is 1.93. The minimum atomic E-state index is -1.45. The van der Waals surface area contributed by atoms with Gasteiger partial charge >= 0.3 is 0 Å². The van der Waals surface area contributed by atoms with Crippen molar-refractivity contribution in [1.82, 2.24) is 0 Å². The molecule has 0 aliphatic heterocycles. The van der Waals surface area contributed by atoms with Crippen LogP contribution in [0.4, 0.5) is 5.69 Å². The summed E-state index contributed by atoms with van der Waals surface area (Å²) in [5.74, 6) is 0. The van der Waals surface area contributed by atoms with E-state index in [1.807, 2.05) is 0 Å². The summed E-state index contributed by atoms with van der Waals surface area (Å²) in [5, 5.41) is 21.5. The monoisotopic (exact) mass is 210 g/mol. The van der Waals surface area contributed by atoms with Crippen LogP contribution in [0.3, 0.4) is 0 Å². The van der Waals surface area contributed by atoms with Crippen LogP contribution in [0.2, 0.25) is 0 Å².